The summed E-state index contributed by atoms with van der Waals surface area (Å²) < 4.78 is 0. The minimum absolute atomic E-state index is 0.0881. The first-order valence-corrected chi connectivity index (χ1v) is 4.98. The molecule has 0 aliphatic heterocycles. The molecule has 14 heavy (non-hydrogen) atoms. The van der Waals surface area contributed by atoms with E-state index >= 15 is 0 Å². The van der Waals surface area contributed by atoms with Crippen LogP contribution in [-0.2, 0) is 5.41 Å². The summed E-state index contributed by atoms with van der Waals surface area (Å²) >= 11 is 0. The Morgan fingerprint density at radius 1 is 1.43 bits per heavy atom. The highest BCUT2D eigenvalue weighted by atomic mass is 16.3. The lowest BCUT2D eigenvalue weighted by molar-refractivity contribution is 0.226. The van der Waals surface area contributed by atoms with Gasteiger partial charge < -0.3 is 5.11 Å². The van der Waals surface area contributed by atoms with Crippen molar-refractivity contribution in [1.82, 2.24) is 0 Å². The predicted molar refractivity (Wildman–Crippen MR) is 58.1 cm³/mol. The van der Waals surface area contributed by atoms with Crippen LogP contribution in [-0.4, -0.2) is 11.7 Å². The fraction of sp³-hybridized carbons (Fsp3) is 0.385. The maximum Gasteiger partial charge on any atom is 0.0530 e. The molecule has 2 rings (SSSR count). The van der Waals surface area contributed by atoms with Crippen LogP contribution in [0.5, 0.6) is 0 Å². The normalized spacial score (nSPS) is 35.3. The minimum Gasteiger partial charge on any atom is -0.395 e. The van der Waals surface area contributed by atoms with Crippen molar-refractivity contribution in [1.29, 1.82) is 0 Å². The van der Waals surface area contributed by atoms with Gasteiger partial charge in [0.25, 0.3) is 0 Å². The average Bonchev–Trinajstić information content (AvgIpc) is 2.88. The molecule has 2 atom stereocenters. The lowest BCUT2D eigenvalue weighted by atomic mass is 9.88. The molecule has 0 heterocycles. The number of hydrogen-bond acceptors (Lipinski definition) is 1. The molecule has 0 amide bonds. The Morgan fingerprint density at radius 2 is 2.07 bits per heavy atom. The summed E-state index contributed by atoms with van der Waals surface area (Å²) in [5.74, 6) is 0. The van der Waals surface area contributed by atoms with Gasteiger partial charge >= 0.3 is 0 Å². The Labute approximate surface area is 85.1 Å². The van der Waals surface area contributed by atoms with Gasteiger partial charge in [-0.1, -0.05) is 43.3 Å². The first kappa shape index (κ1) is 9.47. The van der Waals surface area contributed by atoms with Gasteiger partial charge in [-0.15, -0.1) is 6.58 Å². The van der Waals surface area contributed by atoms with Crippen molar-refractivity contribution in [2.45, 2.75) is 18.8 Å². The molecule has 0 unspecified atom stereocenters. The zero-order valence-electron chi connectivity index (χ0n) is 8.53. The highest BCUT2D eigenvalue weighted by Gasteiger charge is 2.62. The van der Waals surface area contributed by atoms with Crippen molar-refractivity contribution < 1.29 is 5.11 Å². The van der Waals surface area contributed by atoms with E-state index in [-0.39, 0.29) is 17.4 Å². The highest BCUT2D eigenvalue weighted by molar-refractivity contribution is 5.40. The third-order valence-corrected chi connectivity index (χ3v) is 3.73. The van der Waals surface area contributed by atoms with E-state index in [0.717, 1.165) is 6.42 Å². The lowest BCUT2D eigenvalue weighted by Crippen LogP contribution is -2.16. The van der Waals surface area contributed by atoms with E-state index in [1.54, 1.807) is 0 Å². The van der Waals surface area contributed by atoms with Crippen LogP contribution in [0.4, 0.5) is 0 Å². The predicted octanol–water partition coefficient (Wildman–Crippen LogP) is 2.51. The Bertz CT molecular complexity index is 344. The summed E-state index contributed by atoms with van der Waals surface area (Å²) in [6, 6.07) is 10.4. The minimum atomic E-state index is -0.0889. The van der Waals surface area contributed by atoms with Crippen molar-refractivity contribution in [3.63, 3.8) is 0 Å². The number of hydrogen-bond donors (Lipinski definition) is 1. The maximum absolute atomic E-state index is 9.38. The summed E-state index contributed by atoms with van der Waals surface area (Å²) in [7, 11) is 0. The smallest absolute Gasteiger partial charge is 0.0530 e. The summed E-state index contributed by atoms with van der Waals surface area (Å²) in [5, 5.41) is 9.38. The molecule has 0 spiro atoms. The molecule has 0 radical (unpaired) electrons. The molecule has 1 nitrogen and oxygen atoms in total. The fourth-order valence-electron chi connectivity index (χ4n) is 2.37. The van der Waals surface area contributed by atoms with Gasteiger partial charge in [-0.3, -0.25) is 0 Å². The summed E-state index contributed by atoms with van der Waals surface area (Å²) in [6.45, 7) is 6.22. The van der Waals surface area contributed by atoms with Crippen molar-refractivity contribution in [3.8, 4) is 0 Å². The van der Waals surface area contributed by atoms with Crippen molar-refractivity contribution >= 4 is 0 Å². The van der Waals surface area contributed by atoms with Gasteiger partial charge in [0.15, 0.2) is 0 Å². The third-order valence-electron chi connectivity index (χ3n) is 3.73. The zero-order valence-corrected chi connectivity index (χ0v) is 8.53. The molecule has 1 heteroatoms. The molecular formula is C13H16O. The van der Waals surface area contributed by atoms with Gasteiger partial charge in [-0.25, -0.2) is 0 Å². The number of aliphatic hydroxyl groups excluding tert-OH is 1. The topological polar surface area (TPSA) is 20.2 Å². The van der Waals surface area contributed by atoms with Crippen molar-refractivity contribution in [2.24, 2.45) is 5.41 Å². The Morgan fingerprint density at radius 3 is 2.50 bits per heavy atom. The van der Waals surface area contributed by atoms with Gasteiger partial charge in [0.2, 0.25) is 0 Å². The van der Waals surface area contributed by atoms with E-state index in [0.29, 0.717) is 0 Å². The lowest BCUT2D eigenvalue weighted by Gasteiger charge is -2.17. The Hall–Kier alpha value is -1.08. The van der Waals surface area contributed by atoms with Crippen LogP contribution < -0.4 is 0 Å². The molecule has 1 saturated carbocycles. The Balaban J connectivity index is 2.34. The van der Waals surface area contributed by atoms with Gasteiger partial charge in [0.05, 0.1) is 6.61 Å². The van der Waals surface area contributed by atoms with Crippen LogP contribution in [0.15, 0.2) is 43.0 Å². The van der Waals surface area contributed by atoms with Gasteiger partial charge in [0.1, 0.15) is 0 Å². The van der Waals surface area contributed by atoms with Crippen LogP contribution in [0.1, 0.15) is 18.9 Å². The van der Waals surface area contributed by atoms with Crippen molar-refractivity contribution in [3.05, 3.63) is 48.6 Å². The maximum atomic E-state index is 9.38. The van der Waals surface area contributed by atoms with Crippen LogP contribution in [0.2, 0.25) is 0 Å². The Kier molecular flexibility index (Phi) is 2.00. The van der Waals surface area contributed by atoms with Crippen LogP contribution in [0, 0.1) is 5.41 Å². The van der Waals surface area contributed by atoms with Gasteiger partial charge in [-0.2, -0.15) is 0 Å². The molecule has 1 N–H and O–H groups in total. The van der Waals surface area contributed by atoms with Crippen LogP contribution in [0.25, 0.3) is 0 Å². The molecule has 1 aliphatic carbocycles. The first-order chi connectivity index (χ1) is 6.68. The molecule has 1 aliphatic rings. The molecule has 1 aromatic carbocycles. The molecule has 1 fully saturated rings. The fourth-order valence-corrected chi connectivity index (χ4v) is 2.37. The molecule has 74 valence electrons. The van der Waals surface area contributed by atoms with Crippen LogP contribution >= 0.6 is 0 Å². The quantitative estimate of drug-likeness (QED) is 0.723. The van der Waals surface area contributed by atoms with Gasteiger partial charge in [-0.05, 0) is 12.0 Å². The summed E-state index contributed by atoms with van der Waals surface area (Å²) in [6.07, 6.45) is 2.91. The van der Waals surface area contributed by atoms with E-state index in [9.17, 15) is 5.11 Å². The second-order valence-electron chi connectivity index (χ2n) is 4.39. The van der Waals surface area contributed by atoms with Crippen LogP contribution in [0.3, 0.4) is 0 Å². The first-order valence-electron chi connectivity index (χ1n) is 4.98. The SMILES string of the molecule is C=C[C@]1(CO)C[C@]1(C)c1ccccc1. The highest BCUT2D eigenvalue weighted by Crippen LogP contribution is 2.64. The van der Waals surface area contributed by atoms with Gasteiger partial charge in [0, 0.05) is 10.8 Å². The average molecular weight is 188 g/mol. The van der Waals surface area contributed by atoms with E-state index in [2.05, 4.69) is 25.6 Å². The largest absolute Gasteiger partial charge is 0.395 e. The standard InChI is InChI=1S/C13H16O/c1-3-13(10-14)9-12(13,2)11-7-5-4-6-8-11/h3-8,14H,1,9-10H2,2H3/t12-,13-/m1/s1. The third kappa shape index (κ3) is 1.05. The second kappa shape index (κ2) is 2.96. The second-order valence-corrected chi connectivity index (χ2v) is 4.39. The molecule has 1 aromatic rings. The van der Waals surface area contributed by atoms with E-state index in [4.69, 9.17) is 0 Å². The number of benzene rings is 1. The monoisotopic (exact) mass is 188 g/mol. The molecule has 0 aromatic heterocycles. The molecule has 0 saturated heterocycles. The van der Waals surface area contributed by atoms with Crippen molar-refractivity contribution in [2.75, 3.05) is 6.61 Å². The van der Waals surface area contributed by atoms with E-state index < -0.39 is 0 Å². The number of rotatable bonds is 3. The molecule has 0 bridgehead atoms. The molecular weight excluding hydrogens is 172 g/mol. The number of aliphatic hydroxyl groups is 1. The zero-order chi connectivity index (χ0) is 10.2. The van der Waals surface area contributed by atoms with E-state index in [1.807, 2.05) is 24.3 Å². The van der Waals surface area contributed by atoms with E-state index in [1.165, 1.54) is 5.56 Å². The summed E-state index contributed by atoms with van der Waals surface area (Å²) in [4.78, 5) is 0. The summed E-state index contributed by atoms with van der Waals surface area (Å²) in [5.41, 5.74) is 1.30.